The van der Waals surface area contributed by atoms with Crippen LogP contribution in [-0.2, 0) is 13.0 Å². The molecule has 2 aromatic heterocycles. The van der Waals surface area contributed by atoms with Crippen LogP contribution in [0.4, 0.5) is 0 Å². The molecule has 0 saturated heterocycles. The van der Waals surface area contributed by atoms with Gasteiger partial charge >= 0.3 is 0 Å². The molecule has 5 aromatic rings. The van der Waals surface area contributed by atoms with Crippen LogP contribution in [0.3, 0.4) is 0 Å². The van der Waals surface area contributed by atoms with E-state index in [1.54, 1.807) is 0 Å². The van der Waals surface area contributed by atoms with E-state index in [1.807, 2.05) is 60.7 Å². The summed E-state index contributed by atoms with van der Waals surface area (Å²) in [5.74, 6) is 1.56. The number of nitrogens with one attached hydrogen (secondary N) is 1. The Balaban J connectivity index is 1.23. The highest BCUT2D eigenvalue weighted by Crippen LogP contribution is 2.19. The first-order valence-corrected chi connectivity index (χ1v) is 10.4. The summed E-state index contributed by atoms with van der Waals surface area (Å²) in [6.45, 7) is 0.434. The Morgan fingerprint density at radius 2 is 1.66 bits per heavy atom. The third-order valence-corrected chi connectivity index (χ3v) is 5.18. The largest absolute Gasteiger partial charge is 0.487 e. The molecule has 0 amide bonds. The van der Waals surface area contributed by atoms with E-state index < -0.39 is 0 Å². The number of aromatic amines is 1. The van der Waals surface area contributed by atoms with Crippen molar-refractivity contribution in [3.63, 3.8) is 0 Å². The average Bonchev–Trinajstić information content (AvgIpc) is 3.36. The van der Waals surface area contributed by atoms with E-state index >= 15 is 0 Å². The molecular formula is C26H21N5O. The summed E-state index contributed by atoms with van der Waals surface area (Å²) < 4.78 is 5.93. The molecule has 156 valence electrons. The van der Waals surface area contributed by atoms with Gasteiger partial charge in [-0.25, -0.2) is 10.1 Å². The van der Waals surface area contributed by atoms with Gasteiger partial charge in [-0.15, -0.1) is 5.10 Å². The topological polar surface area (TPSA) is 76.6 Å². The Morgan fingerprint density at radius 3 is 2.53 bits per heavy atom. The number of hydrogen-bond acceptors (Lipinski definition) is 5. The molecule has 0 atom stereocenters. The van der Waals surface area contributed by atoms with Crippen molar-refractivity contribution in [3.05, 3.63) is 113 Å². The minimum atomic E-state index is 0.434. The molecule has 0 fully saturated rings. The fraction of sp³-hybridized carbons (Fsp3) is 0.0769. The van der Waals surface area contributed by atoms with Crippen LogP contribution in [0, 0.1) is 0 Å². The molecule has 0 aliphatic carbocycles. The Bertz CT molecular complexity index is 1340. The minimum absolute atomic E-state index is 0.434. The lowest BCUT2D eigenvalue weighted by Crippen LogP contribution is -1.98. The molecule has 32 heavy (non-hydrogen) atoms. The van der Waals surface area contributed by atoms with Gasteiger partial charge in [0.05, 0.1) is 11.2 Å². The molecule has 0 bridgehead atoms. The van der Waals surface area contributed by atoms with Crippen molar-refractivity contribution < 1.29 is 4.74 Å². The number of tetrazole rings is 1. The van der Waals surface area contributed by atoms with Gasteiger partial charge < -0.3 is 4.74 Å². The monoisotopic (exact) mass is 419 g/mol. The zero-order chi connectivity index (χ0) is 21.6. The number of pyridine rings is 1. The number of rotatable bonds is 7. The van der Waals surface area contributed by atoms with Crippen molar-refractivity contribution in [2.45, 2.75) is 13.0 Å². The normalized spacial score (nSPS) is 11.2. The predicted molar refractivity (Wildman–Crippen MR) is 125 cm³/mol. The molecule has 0 unspecified atom stereocenters. The highest BCUT2D eigenvalue weighted by molar-refractivity contribution is 5.78. The number of benzene rings is 3. The molecule has 1 N–H and O–H groups in total. The Labute approximate surface area is 185 Å². The lowest BCUT2D eigenvalue weighted by molar-refractivity contribution is 0.302. The highest BCUT2D eigenvalue weighted by atomic mass is 16.5. The van der Waals surface area contributed by atoms with Crippen LogP contribution in [-0.4, -0.2) is 25.6 Å². The Hall–Kier alpha value is -4.32. The summed E-state index contributed by atoms with van der Waals surface area (Å²) in [6, 6.07) is 28.4. The first kappa shape index (κ1) is 19.6. The number of para-hydroxylation sites is 1. The van der Waals surface area contributed by atoms with Gasteiger partial charge in [-0.3, -0.25) is 0 Å². The molecule has 3 aromatic carbocycles. The van der Waals surface area contributed by atoms with E-state index in [4.69, 9.17) is 4.74 Å². The molecule has 0 spiro atoms. The van der Waals surface area contributed by atoms with Crippen LogP contribution in [0.1, 0.15) is 28.2 Å². The van der Waals surface area contributed by atoms with Crippen LogP contribution in [0.25, 0.3) is 23.1 Å². The van der Waals surface area contributed by atoms with Crippen LogP contribution >= 0.6 is 0 Å². The van der Waals surface area contributed by atoms with Crippen LogP contribution in [0.5, 0.6) is 5.75 Å². The molecular weight excluding hydrogens is 398 g/mol. The van der Waals surface area contributed by atoms with E-state index in [-0.39, 0.29) is 0 Å². The molecule has 6 nitrogen and oxygen atoms in total. The van der Waals surface area contributed by atoms with E-state index in [1.165, 1.54) is 0 Å². The van der Waals surface area contributed by atoms with E-state index in [2.05, 4.69) is 62.0 Å². The fourth-order valence-electron chi connectivity index (χ4n) is 3.50. The van der Waals surface area contributed by atoms with E-state index in [0.29, 0.717) is 13.0 Å². The van der Waals surface area contributed by atoms with Gasteiger partial charge in [-0.1, -0.05) is 72.8 Å². The summed E-state index contributed by atoms with van der Waals surface area (Å²) in [6.07, 6.45) is 4.85. The van der Waals surface area contributed by atoms with Crippen LogP contribution in [0.15, 0.2) is 84.9 Å². The quantitative estimate of drug-likeness (QED) is 0.372. The van der Waals surface area contributed by atoms with Gasteiger partial charge in [-0.05, 0) is 51.4 Å². The maximum atomic E-state index is 5.93. The molecule has 0 radical (unpaired) electrons. The van der Waals surface area contributed by atoms with Crippen molar-refractivity contribution in [2.75, 3.05) is 0 Å². The zero-order valence-electron chi connectivity index (χ0n) is 17.3. The van der Waals surface area contributed by atoms with Crippen molar-refractivity contribution in [2.24, 2.45) is 0 Å². The fourth-order valence-corrected chi connectivity index (χ4v) is 3.50. The summed E-state index contributed by atoms with van der Waals surface area (Å²) >= 11 is 0. The summed E-state index contributed by atoms with van der Waals surface area (Å²) in [5.41, 5.74) is 5.27. The lowest BCUT2D eigenvalue weighted by atomic mass is 10.0. The van der Waals surface area contributed by atoms with Gasteiger partial charge in [0, 0.05) is 11.8 Å². The maximum absolute atomic E-state index is 5.93. The van der Waals surface area contributed by atoms with Crippen molar-refractivity contribution in [1.82, 2.24) is 25.6 Å². The summed E-state index contributed by atoms with van der Waals surface area (Å²) in [4.78, 5) is 4.65. The summed E-state index contributed by atoms with van der Waals surface area (Å²) in [7, 11) is 0. The SMILES string of the molecule is C(=Cc1ccccc1Cc1nnn[nH]1)c1ccc(OCc2ccc3ccccc3n2)cc1. The van der Waals surface area contributed by atoms with E-state index in [9.17, 15) is 0 Å². The van der Waals surface area contributed by atoms with Crippen LogP contribution in [0.2, 0.25) is 0 Å². The number of H-pyrrole nitrogens is 1. The predicted octanol–water partition coefficient (Wildman–Crippen LogP) is 5.09. The first-order chi connectivity index (χ1) is 15.8. The summed E-state index contributed by atoms with van der Waals surface area (Å²) in [5, 5.41) is 15.2. The minimum Gasteiger partial charge on any atom is -0.487 e. The second kappa shape index (κ2) is 9.22. The average molecular weight is 419 g/mol. The van der Waals surface area contributed by atoms with Crippen molar-refractivity contribution >= 4 is 23.1 Å². The van der Waals surface area contributed by atoms with Crippen molar-refractivity contribution in [1.29, 1.82) is 0 Å². The Morgan fingerprint density at radius 1 is 0.812 bits per heavy atom. The smallest absolute Gasteiger partial charge is 0.152 e. The number of aromatic nitrogens is 5. The molecule has 0 saturated carbocycles. The molecule has 2 heterocycles. The van der Waals surface area contributed by atoms with Gasteiger partial charge in [0.2, 0.25) is 0 Å². The van der Waals surface area contributed by atoms with Crippen molar-refractivity contribution in [3.8, 4) is 5.75 Å². The second-order valence-electron chi connectivity index (χ2n) is 7.41. The Kier molecular flexibility index (Phi) is 5.66. The molecule has 0 aliphatic rings. The third kappa shape index (κ3) is 4.70. The maximum Gasteiger partial charge on any atom is 0.152 e. The molecule has 0 aliphatic heterocycles. The number of nitrogens with zero attached hydrogens (tertiary/aromatic N) is 4. The van der Waals surface area contributed by atoms with Gasteiger partial charge in [0.25, 0.3) is 0 Å². The second-order valence-corrected chi connectivity index (χ2v) is 7.41. The highest BCUT2D eigenvalue weighted by Gasteiger charge is 2.04. The van der Waals surface area contributed by atoms with Gasteiger partial charge in [0.15, 0.2) is 5.82 Å². The molecule has 6 heteroatoms. The standard InChI is InChI=1S/C26H21N5O/c1-2-7-22(17-26-28-30-31-29-26)20(5-1)12-9-19-10-15-24(16-11-19)32-18-23-14-13-21-6-3-4-8-25(21)27-23/h1-16H,17-18H2,(H,28,29,30,31). The van der Waals surface area contributed by atoms with Gasteiger partial charge in [0.1, 0.15) is 12.4 Å². The first-order valence-electron chi connectivity index (χ1n) is 10.4. The number of hydrogen-bond donors (Lipinski definition) is 1. The number of fused-ring (bicyclic) bond motifs is 1. The van der Waals surface area contributed by atoms with Gasteiger partial charge in [-0.2, -0.15) is 0 Å². The zero-order valence-corrected chi connectivity index (χ0v) is 17.3. The lowest BCUT2D eigenvalue weighted by Gasteiger charge is -2.07. The van der Waals surface area contributed by atoms with E-state index in [0.717, 1.165) is 44.9 Å². The number of ether oxygens (including phenoxy) is 1. The molecule has 5 rings (SSSR count). The van der Waals surface area contributed by atoms with Crippen LogP contribution < -0.4 is 4.74 Å². The third-order valence-electron chi connectivity index (χ3n) is 5.18.